The molecule has 4 rings (SSSR count). The van der Waals surface area contributed by atoms with Crippen LogP contribution in [0.4, 0.5) is 10.5 Å². The number of halogens is 1. The van der Waals surface area contributed by atoms with Crippen LogP contribution in [0.5, 0.6) is 0 Å². The first kappa shape index (κ1) is 16.8. The molecule has 3 aromatic rings. The van der Waals surface area contributed by atoms with Crippen LogP contribution in [0.25, 0.3) is 11.3 Å². The number of benzene rings is 2. The van der Waals surface area contributed by atoms with Crippen LogP contribution in [0.3, 0.4) is 0 Å². The first-order chi connectivity index (χ1) is 12.6. The molecule has 7 heteroatoms. The molecule has 0 bridgehead atoms. The van der Waals surface area contributed by atoms with Gasteiger partial charge in [-0.05, 0) is 30.7 Å². The van der Waals surface area contributed by atoms with Gasteiger partial charge in [-0.15, -0.1) is 5.10 Å². The van der Waals surface area contributed by atoms with Crippen molar-refractivity contribution in [1.29, 1.82) is 0 Å². The van der Waals surface area contributed by atoms with Crippen LogP contribution in [0, 0.1) is 6.92 Å². The predicted octanol–water partition coefficient (Wildman–Crippen LogP) is 4.10. The first-order valence-corrected chi connectivity index (χ1v) is 9.19. The number of urea groups is 1. The zero-order valence-corrected chi connectivity index (χ0v) is 15.8. The van der Waals surface area contributed by atoms with E-state index in [-0.39, 0.29) is 12.1 Å². The number of nitrogens with one attached hydrogen (secondary N) is 1. The first-order valence-electron chi connectivity index (χ1n) is 8.39. The van der Waals surface area contributed by atoms with Crippen LogP contribution in [-0.2, 0) is 0 Å². The van der Waals surface area contributed by atoms with Gasteiger partial charge in [-0.3, -0.25) is 0 Å². The Hall–Kier alpha value is -2.67. The fourth-order valence-electron chi connectivity index (χ4n) is 2.91. The smallest absolute Gasteiger partial charge is 0.320 e. The molecule has 1 N–H and O–H groups in total. The lowest BCUT2D eigenvalue weighted by molar-refractivity contribution is 0.127. The van der Waals surface area contributed by atoms with Crippen LogP contribution in [0.1, 0.15) is 11.6 Å². The Bertz CT molecular complexity index is 934. The number of nitrogens with zero attached hydrogens (tertiary/aromatic N) is 4. The van der Waals surface area contributed by atoms with Crippen LogP contribution >= 0.6 is 15.9 Å². The van der Waals surface area contributed by atoms with Crippen molar-refractivity contribution in [3.63, 3.8) is 0 Å². The average Bonchev–Trinajstić information content (AvgIpc) is 3.07. The fourth-order valence-corrected chi connectivity index (χ4v) is 3.16. The maximum atomic E-state index is 12.4. The van der Waals surface area contributed by atoms with Crippen LogP contribution in [0.2, 0.25) is 0 Å². The number of likely N-dealkylation sites (tertiary alicyclic amines) is 1. The Morgan fingerprint density at radius 1 is 1.19 bits per heavy atom. The molecule has 1 fully saturated rings. The second kappa shape index (κ2) is 6.92. The molecule has 26 heavy (non-hydrogen) atoms. The minimum Gasteiger partial charge on any atom is -0.320 e. The fraction of sp³-hybridized carbons (Fsp3) is 0.211. The molecule has 1 saturated heterocycles. The highest BCUT2D eigenvalue weighted by Gasteiger charge is 2.33. The number of anilines is 1. The summed E-state index contributed by atoms with van der Waals surface area (Å²) < 4.78 is 2.87. The molecule has 0 spiro atoms. The van der Waals surface area contributed by atoms with Crippen molar-refractivity contribution in [2.24, 2.45) is 0 Å². The SMILES string of the molecule is Cc1cc(NC(=O)N2CC(n3cc(-c4ccccc4)nn3)C2)ccc1Br. The van der Waals surface area contributed by atoms with Crippen molar-refractivity contribution in [1.82, 2.24) is 19.9 Å². The van der Waals surface area contributed by atoms with Crippen molar-refractivity contribution in [3.05, 3.63) is 64.8 Å². The number of rotatable bonds is 3. The number of hydrogen-bond donors (Lipinski definition) is 1. The zero-order valence-electron chi connectivity index (χ0n) is 14.3. The molecular weight excluding hydrogens is 394 g/mol. The molecule has 6 nitrogen and oxygen atoms in total. The molecule has 2 heterocycles. The van der Waals surface area contributed by atoms with Crippen molar-refractivity contribution in [2.75, 3.05) is 18.4 Å². The Morgan fingerprint density at radius 2 is 1.96 bits per heavy atom. The summed E-state index contributed by atoms with van der Waals surface area (Å²) in [4.78, 5) is 14.1. The van der Waals surface area contributed by atoms with Crippen LogP contribution in [-0.4, -0.2) is 39.0 Å². The summed E-state index contributed by atoms with van der Waals surface area (Å²) in [6, 6.07) is 15.8. The van der Waals surface area contributed by atoms with Crippen molar-refractivity contribution >= 4 is 27.6 Å². The molecule has 0 aliphatic carbocycles. The van der Waals surface area contributed by atoms with Gasteiger partial charge in [0.2, 0.25) is 0 Å². The summed E-state index contributed by atoms with van der Waals surface area (Å²) in [5.74, 6) is 0. The van der Waals surface area contributed by atoms with Gasteiger partial charge in [0.05, 0.1) is 12.2 Å². The van der Waals surface area contributed by atoms with E-state index in [1.807, 2.05) is 66.3 Å². The predicted molar refractivity (Wildman–Crippen MR) is 104 cm³/mol. The summed E-state index contributed by atoms with van der Waals surface area (Å²) in [5.41, 5.74) is 3.77. The van der Waals surface area contributed by atoms with E-state index in [4.69, 9.17) is 0 Å². The normalized spacial score (nSPS) is 14.2. The maximum absolute atomic E-state index is 12.4. The molecule has 0 radical (unpaired) electrons. The third-order valence-electron chi connectivity index (χ3n) is 4.51. The van der Waals surface area contributed by atoms with E-state index in [2.05, 4.69) is 31.6 Å². The van der Waals surface area contributed by atoms with Crippen LogP contribution in [0.15, 0.2) is 59.2 Å². The maximum Gasteiger partial charge on any atom is 0.321 e. The zero-order chi connectivity index (χ0) is 18.1. The molecule has 2 amide bonds. The second-order valence-corrected chi connectivity index (χ2v) is 7.26. The van der Waals surface area contributed by atoms with Gasteiger partial charge in [-0.1, -0.05) is 51.5 Å². The Balaban J connectivity index is 1.36. The van der Waals surface area contributed by atoms with Crippen molar-refractivity contribution in [2.45, 2.75) is 13.0 Å². The van der Waals surface area contributed by atoms with E-state index in [0.717, 1.165) is 27.0 Å². The summed E-state index contributed by atoms with van der Waals surface area (Å²) in [6.45, 7) is 3.24. The summed E-state index contributed by atoms with van der Waals surface area (Å²) in [6.07, 6.45) is 1.94. The number of aryl methyl sites for hydroxylation is 1. The molecule has 132 valence electrons. The van der Waals surface area contributed by atoms with Gasteiger partial charge >= 0.3 is 6.03 Å². The molecule has 1 aliphatic heterocycles. The lowest BCUT2D eigenvalue weighted by Gasteiger charge is -2.38. The molecule has 0 unspecified atom stereocenters. The third-order valence-corrected chi connectivity index (χ3v) is 5.40. The van der Waals surface area contributed by atoms with Crippen molar-refractivity contribution in [3.8, 4) is 11.3 Å². The Labute approximate surface area is 159 Å². The summed E-state index contributed by atoms with van der Waals surface area (Å²) in [7, 11) is 0. The van der Waals surface area contributed by atoms with E-state index >= 15 is 0 Å². The highest BCUT2D eigenvalue weighted by Crippen LogP contribution is 2.25. The molecular formula is C19H18BrN5O. The lowest BCUT2D eigenvalue weighted by atomic mass is 10.1. The minimum absolute atomic E-state index is 0.0913. The summed E-state index contributed by atoms with van der Waals surface area (Å²) >= 11 is 3.46. The minimum atomic E-state index is -0.0913. The van der Waals surface area contributed by atoms with E-state index in [9.17, 15) is 4.79 Å². The molecule has 2 aromatic carbocycles. The lowest BCUT2D eigenvalue weighted by Crippen LogP contribution is -2.52. The number of amides is 2. The average molecular weight is 412 g/mol. The second-order valence-electron chi connectivity index (χ2n) is 6.40. The van der Waals surface area contributed by atoms with Gasteiger partial charge in [-0.2, -0.15) is 0 Å². The molecule has 1 aliphatic rings. The van der Waals surface area contributed by atoms with Gasteiger partial charge in [0, 0.05) is 28.8 Å². The van der Waals surface area contributed by atoms with Crippen LogP contribution < -0.4 is 5.32 Å². The number of carbonyl (C=O) groups is 1. The molecule has 1 aromatic heterocycles. The third kappa shape index (κ3) is 3.35. The van der Waals surface area contributed by atoms with E-state index in [0.29, 0.717) is 13.1 Å². The van der Waals surface area contributed by atoms with Crippen molar-refractivity contribution < 1.29 is 4.79 Å². The number of hydrogen-bond acceptors (Lipinski definition) is 3. The van der Waals surface area contributed by atoms with Gasteiger partial charge < -0.3 is 10.2 Å². The van der Waals surface area contributed by atoms with E-state index in [1.165, 1.54) is 0 Å². The van der Waals surface area contributed by atoms with Gasteiger partial charge in [0.25, 0.3) is 0 Å². The number of aromatic nitrogens is 3. The molecule has 0 atom stereocenters. The highest BCUT2D eigenvalue weighted by atomic mass is 79.9. The highest BCUT2D eigenvalue weighted by molar-refractivity contribution is 9.10. The van der Waals surface area contributed by atoms with Gasteiger partial charge in [0.15, 0.2) is 0 Å². The standard InChI is InChI=1S/C19H18BrN5O/c1-13-9-15(7-8-17(13)20)21-19(26)24-10-16(11-24)25-12-18(22-23-25)14-5-3-2-4-6-14/h2-9,12,16H,10-11H2,1H3,(H,21,26). The topological polar surface area (TPSA) is 63.1 Å². The Kier molecular flexibility index (Phi) is 4.46. The molecule has 0 saturated carbocycles. The van der Waals surface area contributed by atoms with Gasteiger partial charge in [-0.25, -0.2) is 9.48 Å². The van der Waals surface area contributed by atoms with E-state index < -0.39 is 0 Å². The Morgan fingerprint density at radius 3 is 2.69 bits per heavy atom. The van der Waals surface area contributed by atoms with Gasteiger partial charge in [0.1, 0.15) is 5.69 Å². The largest absolute Gasteiger partial charge is 0.321 e. The number of carbonyl (C=O) groups excluding carboxylic acids is 1. The quantitative estimate of drug-likeness (QED) is 0.705. The monoisotopic (exact) mass is 411 g/mol. The summed E-state index contributed by atoms with van der Waals surface area (Å²) in [5, 5.41) is 11.4. The van der Waals surface area contributed by atoms with E-state index in [1.54, 1.807) is 4.90 Å².